The van der Waals surface area contributed by atoms with Crippen molar-refractivity contribution in [3.05, 3.63) is 27.6 Å². The molecule has 2 aromatic rings. The summed E-state index contributed by atoms with van der Waals surface area (Å²) in [6.45, 7) is 1.83. The smallest absolute Gasteiger partial charge is 0.339 e. The summed E-state index contributed by atoms with van der Waals surface area (Å²) >= 11 is 1.20. The van der Waals surface area contributed by atoms with E-state index in [1.54, 1.807) is 12.3 Å². The molecule has 0 atom stereocenters. The topological polar surface area (TPSA) is 85.0 Å². The Morgan fingerprint density at radius 3 is 3.11 bits per heavy atom. The fraction of sp³-hybridized carbons (Fsp3) is 0.273. The lowest BCUT2D eigenvalue weighted by atomic mass is 10.2. The summed E-state index contributed by atoms with van der Waals surface area (Å²) in [6.07, 6.45) is 1.30. The zero-order valence-electron chi connectivity index (χ0n) is 9.54. The molecule has 0 unspecified atom stereocenters. The number of hydrogen-bond donors (Lipinski definition) is 0. The van der Waals surface area contributed by atoms with Gasteiger partial charge in [0.25, 0.3) is 5.56 Å². The van der Waals surface area contributed by atoms with E-state index >= 15 is 0 Å². The number of carbonyl (C=O) groups is 1. The number of carbonyl (C=O) groups excluding carboxylic acids is 1. The molecule has 7 heteroatoms. The highest BCUT2D eigenvalue weighted by Gasteiger charge is 2.18. The zero-order valence-corrected chi connectivity index (χ0v) is 10.4. The van der Waals surface area contributed by atoms with Gasteiger partial charge >= 0.3 is 5.97 Å². The van der Waals surface area contributed by atoms with Crippen molar-refractivity contribution in [1.29, 1.82) is 5.26 Å². The minimum Gasteiger partial charge on any atom is -0.462 e. The molecule has 6 nitrogen and oxygen atoms in total. The zero-order chi connectivity index (χ0) is 13.1. The van der Waals surface area contributed by atoms with Gasteiger partial charge in [-0.1, -0.05) is 0 Å². The molecular weight excluding hydrogens is 254 g/mol. The molecule has 0 spiro atoms. The Labute approximate surface area is 106 Å². The quantitative estimate of drug-likeness (QED) is 0.776. The van der Waals surface area contributed by atoms with Crippen LogP contribution in [-0.4, -0.2) is 22.1 Å². The van der Waals surface area contributed by atoms with Gasteiger partial charge in [0.1, 0.15) is 17.7 Å². The molecule has 0 N–H and O–H groups in total. The number of esters is 1. The van der Waals surface area contributed by atoms with Crippen molar-refractivity contribution in [3.63, 3.8) is 0 Å². The van der Waals surface area contributed by atoms with Gasteiger partial charge in [0.05, 0.1) is 23.6 Å². The summed E-state index contributed by atoms with van der Waals surface area (Å²) in [5.41, 5.74) is -0.188. The molecule has 2 heterocycles. The van der Waals surface area contributed by atoms with Crippen molar-refractivity contribution in [2.45, 2.75) is 13.5 Å². The number of rotatable bonds is 3. The predicted octanol–water partition coefficient (Wildman–Crippen LogP) is 1.16. The van der Waals surface area contributed by atoms with E-state index in [2.05, 4.69) is 4.98 Å². The Morgan fingerprint density at radius 1 is 1.67 bits per heavy atom. The van der Waals surface area contributed by atoms with Gasteiger partial charge in [-0.25, -0.2) is 9.78 Å². The molecule has 2 aromatic heterocycles. The first-order chi connectivity index (χ1) is 8.69. The number of thiophene rings is 1. The first kappa shape index (κ1) is 12.3. The maximum absolute atomic E-state index is 12.1. The van der Waals surface area contributed by atoms with Gasteiger partial charge in [0.15, 0.2) is 0 Å². The first-order valence-corrected chi connectivity index (χ1v) is 6.07. The van der Waals surface area contributed by atoms with Gasteiger partial charge in [0.2, 0.25) is 0 Å². The third-order valence-corrected chi connectivity index (χ3v) is 3.18. The van der Waals surface area contributed by atoms with Crippen LogP contribution in [0.4, 0.5) is 0 Å². The van der Waals surface area contributed by atoms with Crippen LogP contribution in [0.15, 0.2) is 16.5 Å². The fourth-order valence-corrected chi connectivity index (χ4v) is 2.38. The van der Waals surface area contributed by atoms with Gasteiger partial charge in [-0.15, -0.1) is 11.3 Å². The molecule has 0 fully saturated rings. The molecule has 0 saturated carbocycles. The summed E-state index contributed by atoms with van der Waals surface area (Å²) in [5.74, 6) is -0.544. The van der Waals surface area contributed by atoms with Crippen LogP contribution in [0.3, 0.4) is 0 Å². The molecule has 0 aromatic carbocycles. The molecule has 0 saturated heterocycles. The average Bonchev–Trinajstić information content (AvgIpc) is 2.78. The second-order valence-corrected chi connectivity index (χ2v) is 4.24. The summed E-state index contributed by atoms with van der Waals surface area (Å²) in [5, 5.41) is 10.4. The molecule has 2 rings (SSSR count). The lowest BCUT2D eigenvalue weighted by Crippen LogP contribution is -2.21. The van der Waals surface area contributed by atoms with E-state index in [1.807, 2.05) is 6.07 Å². The molecule has 0 aliphatic heterocycles. The lowest BCUT2D eigenvalue weighted by Gasteiger charge is -2.01. The Bertz CT molecular complexity index is 696. The molecule has 0 aliphatic carbocycles. The molecule has 0 aliphatic rings. The lowest BCUT2D eigenvalue weighted by molar-refractivity contribution is 0.0529. The third-order valence-electron chi connectivity index (χ3n) is 2.30. The molecular formula is C11H9N3O3S. The Hall–Kier alpha value is -2.20. The number of nitriles is 1. The summed E-state index contributed by atoms with van der Waals surface area (Å²) in [6, 6.07) is 1.87. The van der Waals surface area contributed by atoms with Crippen molar-refractivity contribution >= 4 is 27.5 Å². The summed E-state index contributed by atoms with van der Waals surface area (Å²) in [7, 11) is 0. The predicted molar refractivity (Wildman–Crippen MR) is 65.4 cm³/mol. The van der Waals surface area contributed by atoms with Crippen molar-refractivity contribution in [1.82, 2.24) is 9.55 Å². The normalized spacial score (nSPS) is 10.2. The maximum atomic E-state index is 12.1. The monoisotopic (exact) mass is 263 g/mol. The van der Waals surface area contributed by atoms with Crippen LogP contribution < -0.4 is 5.56 Å². The maximum Gasteiger partial charge on any atom is 0.339 e. The third kappa shape index (κ3) is 1.98. The molecule has 0 radical (unpaired) electrons. The highest BCUT2D eigenvalue weighted by Crippen LogP contribution is 2.21. The minimum absolute atomic E-state index is 0.0973. The van der Waals surface area contributed by atoms with Crippen LogP contribution in [0.2, 0.25) is 0 Å². The van der Waals surface area contributed by atoms with Gasteiger partial charge in [-0.3, -0.25) is 9.36 Å². The Morgan fingerprint density at radius 2 is 2.44 bits per heavy atom. The SMILES string of the molecule is CCOC(=O)c1csc2ncn(CC#N)c(=O)c12. The van der Waals surface area contributed by atoms with Crippen molar-refractivity contribution in [3.8, 4) is 6.07 Å². The number of ether oxygens (including phenoxy) is 1. The number of hydrogen-bond acceptors (Lipinski definition) is 6. The molecule has 0 amide bonds. The van der Waals surface area contributed by atoms with Crippen LogP contribution in [0.5, 0.6) is 0 Å². The van der Waals surface area contributed by atoms with E-state index in [4.69, 9.17) is 10.00 Å². The summed E-state index contributed by atoms with van der Waals surface area (Å²) < 4.78 is 6.04. The van der Waals surface area contributed by atoms with Gasteiger partial charge < -0.3 is 4.74 Å². The van der Waals surface area contributed by atoms with Crippen molar-refractivity contribution < 1.29 is 9.53 Å². The van der Waals surface area contributed by atoms with E-state index in [1.165, 1.54) is 17.7 Å². The van der Waals surface area contributed by atoms with Crippen LogP contribution in [0.25, 0.3) is 10.2 Å². The molecule has 92 valence electrons. The van der Waals surface area contributed by atoms with Gasteiger partial charge in [-0.05, 0) is 6.92 Å². The average molecular weight is 263 g/mol. The minimum atomic E-state index is -0.544. The first-order valence-electron chi connectivity index (χ1n) is 5.19. The number of fused-ring (bicyclic) bond motifs is 1. The fourth-order valence-electron chi connectivity index (χ4n) is 1.52. The number of nitrogens with zero attached hydrogens (tertiary/aromatic N) is 3. The van der Waals surface area contributed by atoms with Crippen LogP contribution >= 0.6 is 11.3 Å². The van der Waals surface area contributed by atoms with Crippen molar-refractivity contribution in [2.75, 3.05) is 6.61 Å². The second kappa shape index (κ2) is 4.98. The van der Waals surface area contributed by atoms with E-state index in [0.717, 1.165) is 4.57 Å². The number of aromatic nitrogens is 2. The largest absolute Gasteiger partial charge is 0.462 e. The van der Waals surface area contributed by atoms with E-state index in [0.29, 0.717) is 4.83 Å². The van der Waals surface area contributed by atoms with E-state index in [-0.39, 0.29) is 24.1 Å². The van der Waals surface area contributed by atoms with Gasteiger partial charge in [-0.2, -0.15) is 5.26 Å². The Balaban J connectivity index is 2.64. The standard InChI is InChI=1S/C11H9N3O3S/c1-2-17-11(16)7-5-18-9-8(7)10(15)14(4-3-12)6-13-9/h5-6H,2,4H2,1H3. The van der Waals surface area contributed by atoms with Gasteiger partial charge in [0, 0.05) is 5.38 Å². The van der Waals surface area contributed by atoms with E-state index < -0.39 is 11.5 Å². The summed E-state index contributed by atoms with van der Waals surface area (Å²) in [4.78, 5) is 28.3. The van der Waals surface area contributed by atoms with Crippen LogP contribution in [0, 0.1) is 11.3 Å². The second-order valence-electron chi connectivity index (χ2n) is 3.39. The highest BCUT2D eigenvalue weighted by atomic mass is 32.1. The van der Waals surface area contributed by atoms with Crippen LogP contribution in [0.1, 0.15) is 17.3 Å². The molecule has 18 heavy (non-hydrogen) atoms. The Kier molecular flexibility index (Phi) is 3.39. The van der Waals surface area contributed by atoms with E-state index in [9.17, 15) is 9.59 Å². The highest BCUT2D eigenvalue weighted by molar-refractivity contribution is 7.17. The molecule has 0 bridgehead atoms. The van der Waals surface area contributed by atoms with Crippen LogP contribution in [-0.2, 0) is 11.3 Å². The van der Waals surface area contributed by atoms with Crippen molar-refractivity contribution in [2.24, 2.45) is 0 Å².